The van der Waals surface area contributed by atoms with Crippen molar-refractivity contribution in [3.8, 4) is 0 Å². The zero-order valence-electron chi connectivity index (χ0n) is 20.7. The molecule has 1 N–H and O–H groups in total. The molecule has 7 nitrogen and oxygen atoms in total. The van der Waals surface area contributed by atoms with Crippen molar-refractivity contribution < 1.29 is 14.3 Å². The number of carbonyl (C=O) groups excluding carboxylic acids is 2. The standard InChI is InChI=1S/C29H32N4O3/c1-2-3-12-19-36-29(35)24-25-27(31-23-18-11-10-17-22(23)30-25)33(21-15-8-5-9-16-21)26(24)32-28(34)20-13-6-4-7-14-20/h4,6-7,10-11,13-14,17-18,21H,2-3,5,8-9,12,15-16,19H2,1H3,(H,32,34). The Morgan fingerprint density at radius 2 is 1.64 bits per heavy atom. The number of rotatable bonds is 8. The zero-order chi connectivity index (χ0) is 24.9. The maximum Gasteiger partial charge on any atom is 0.344 e. The molecule has 0 saturated heterocycles. The highest BCUT2D eigenvalue weighted by molar-refractivity contribution is 6.13. The molecule has 0 spiro atoms. The molecule has 0 bridgehead atoms. The predicted octanol–water partition coefficient (Wildman–Crippen LogP) is 6.69. The Bertz CT molecular complexity index is 1370. The second-order valence-corrected chi connectivity index (χ2v) is 9.43. The number of nitrogens with zero attached hydrogens (tertiary/aromatic N) is 3. The first-order valence-electron chi connectivity index (χ1n) is 13.0. The quantitative estimate of drug-likeness (QED) is 0.222. The van der Waals surface area contributed by atoms with Crippen LogP contribution in [0.3, 0.4) is 0 Å². The van der Waals surface area contributed by atoms with Crippen LogP contribution < -0.4 is 5.32 Å². The number of para-hydroxylation sites is 2. The van der Waals surface area contributed by atoms with Gasteiger partial charge in [-0.3, -0.25) is 4.79 Å². The first kappa shape index (κ1) is 24.0. The molecule has 1 fully saturated rings. The Morgan fingerprint density at radius 1 is 0.944 bits per heavy atom. The van der Waals surface area contributed by atoms with Gasteiger partial charge in [-0.25, -0.2) is 14.8 Å². The minimum atomic E-state index is -0.474. The monoisotopic (exact) mass is 484 g/mol. The zero-order valence-corrected chi connectivity index (χ0v) is 20.7. The number of esters is 1. The summed E-state index contributed by atoms with van der Waals surface area (Å²) in [6, 6.07) is 16.8. The maximum absolute atomic E-state index is 13.5. The predicted molar refractivity (Wildman–Crippen MR) is 141 cm³/mol. The minimum absolute atomic E-state index is 0.115. The number of nitrogens with one attached hydrogen (secondary N) is 1. The van der Waals surface area contributed by atoms with Gasteiger partial charge >= 0.3 is 5.97 Å². The molecule has 2 aromatic heterocycles. The molecule has 4 aromatic rings. The number of anilines is 1. The molecule has 0 radical (unpaired) electrons. The Hall–Kier alpha value is -3.74. The number of benzene rings is 2. The smallest absolute Gasteiger partial charge is 0.344 e. The molecule has 0 atom stereocenters. The van der Waals surface area contributed by atoms with Crippen molar-refractivity contribution in [2.75, 3.05) is 11.9 Å². The average molecular weight is 485 g/mol. The summed E-state index contributed by atoms with van der Waals surface area (Å²) in [7, 11) is 0. The van der Waals surface area contributed by atoms with Crippen molar-refractivity contribution in [1.82, 2.24) is 14.5 Å². The fraction of sp³-hybridized carbons (Fsp3) is 0.379. The second kappa shape index (κ2) is 10.9. The van der Waals surface area contributed by atoms with Crippen LogP contribution in [0.1, 0.15) is 85.0 Å². The lowest BCUT2D eigenvalue weighted by Gasteiger charge is -2.26. The molecule has 36 heavy (non-hydrogen) atoms. The van der Waals surface area contributed by atoms with Gasteiger partial charge in [-0.05, 0) is 43.5 Å². The first-order chi connectivity index (χ1) is 17.7. The van der Waals surface area contributed by atoms with Crippen molar-refractivity contribution in [1.29, 1.82) is 0 Å². The van der Waals surface area contributed by atoms with Crippen LogP contribution in [-0.4, -0.2) is 33.0 Å². The van der Waals surface area contributed by atoms with Gasteiger partial charge in [0.1, 0.15) is 16.9 Å². The van der Waals surface area contributed by atoms with Gasteiger partial charge in [0.05, 0.1) is 17.6 Å². The average Bonchev–Trinajstić information content (AvgIpc) is 3.23. The van der Waals surface area contributed by atoms with E-state index in [9.17, 15) is 9.59 Å². The van der Waals surface area contributed by atoms with E-state index in [0.717, 1.165) is 50.5 Å². The van der Waals surface area contributed by atoms with Gasteiger partial charge in [0.2, 0.25) is 0 Å². The van der Waals surface area contributed by atoms with Gasteiger partial charge in [-0.2, -0.15) is 0 Å². The van der Waals surface area contributed by atoms with E-state index < -0.39 is 5.97 Å². The third kappa shape index (κ3) is 4.83. The molecule has 1 aliphatic rings. The summed E-state index contributed by atoms with van der Waals surface area (Å²) in [5, 5.41) is 3.06. The normalized spacial score (nSPS) is 14.2. The number of aromatic nitrogens is 3. The maximum atomic E-state index is 13.5. The van der Waals surface area contributed by atoms with Crippen LogP contribution in [0.4, 0.5) is 5.82 Å². The molecule has 2 aromatic carbocycles. The highest BCUT2D eigenvalue weighted by atomic mass is 16.5. The molecular weight excluding hydrogens is 452 g/mol. The summed E-state index contributed by atoms with van der Waals surface area (Å²) in [5.74, 6) is -0.319. The fourth-order valence-electron chi connectivity index (χ4n) is 5.03. The van der Waals surface area contributed by atoms with Crippen molar-refractivity contribution >= 4 is 39.9 Å². The highest BCUT2D eigenvalue weighted by Crippen LogP contribution is 2.39. The van der Waals surface area contributed by atoms with Crippen LogP contribution in [-0.2, 0) is 4.74 Å². The topological polar surface area (TPSA) is 86.1 Å². The molecule has 186 valence electrons. The summed E-state index contributed by atoms with van der Waals surface area (Å²) < 4.78 is 7.75. The number of hydrogen-bond acceptors (Lipinski definition) is 5. The lowest BCUT2D eigenvalue weighted by atomic mass is 9.95. The van der Waals surface area contributed by atoms with Crippen molar-refractivity contribution in [2.45, 2.75) is 64.3 Å². The van der Waals surface area contributed by atoms with Gasteiger partial charge in [0, 0.05) is 11.6 Å². The summed E-state index contributed by atoms with van der Waals surface area (Å²) in [6.07, 6.45) is 8.09. The minimum Gasteiger partial charge on any atom is -0.462 e. The van der Waals surface area contributed by atoms with E-state index in [4.69, 9.17) is 14.7 Å². The van der Waals surface area contributed by atoms with Gasteiger partial charge in [-0.15, -0.1) is 0 Å². The van der Waals surface area contributed by atoms with E-state index in [1.165, 1.54) is 6.42 Å². The molecule has 1 aliphatic carbocycles. The highest BCUT2D eigenvalue weighted by Gasteiger charge is 2.31. The Labute approximate surface area is 210 Å². The van der Waals surface area contributed by atoms with Crippen molar-refractivity contribution in [3.05, 3.63) is 65.7 Å². The Balaban J connectivity index is 1.68. The summed E-state index contributed by atoms with van der Waals surface area (Å²) >= 11 is 0. The van der Waals surface area contributed by atoms with E-state index in [0.29, 0.717) is 34.7 Å². The van der Waals surface area contributed by atoms with Crippen LogP contribution >= 0.6 is 0 Å². The summed E-state index contributed by atoms with van der Waals surface area (Å²) in [5.41, 5.74) is 3.35. The van der Waals surface area contributed by atoms with Crippen molar-refractivity contribution in [2.24, 2.45) is 0 Å². The molecule has 7 heteroatoms. The fourth-order valence-corrected chi connectivity index (χ4v) is 5.03. The largest absolute Gasteiger partial charge is 0.462 e. The third-order valence-corrected chi connectivity index (χ3v) is 6.89. The molecule has 0 aliphatic heterocycles. The molecule has 0 unspecified atom stereocenters. The van der Waals surface area contributed by atoms with E-state index in [2.05, 4.69) is 12.2 Å². The molecular formula is C29H32N4O3. The molecule has 5 rings (SSSR count). The lowest BCUT2D eigenvalue weighted by Crippen LogP contribution is -2.21. The third-order valence-electron chi connectivity index (χ3n) is 6.89. The molecule has 1 amide bonds. The Morgan fingerprint density at radius 3 is 2.36 bits per heavy atom. The Kier molecular flexibility index (Phi) is 7.26. The van der Waals surface area contributed by atoms with Crippen LogP contribution in [0, 0.1) is 0 Å². The van der Waals surface area contributed by atoms with Crippen molar-refractivity contribution in [3.63, 3.8) is 0 Å². The van der Waals surface area contributed by atoms with Crippen LogP contribution in [0.5, 0.6) is 0 Å². The van der Waals surface area contributed by atoms with Gasteiger partial charge in [0.15, 0.2) is 5.65 Å². The summed E-state index contributed by atoms with van der Waals surface area (Å²) in [6.45, 7) is 2.44. The van der Waals surface area contributed by atoms with Gasteiger partial charge < -0.3 is 14.6 Å². The first-order valence-corrected chi connectivity index (χ1v) is 13.0. The van der Waals surface area contributed by atoms with Crippen LogP contribution in [0.15, 0.2) is 54.6 Å². The molecule has 1 saturated carbocycles. The van der Waals surface area contributed by atoms with Crippen LogP contribution in [0.2, 0.25) is 0 Å². The van der Waals surface area contributed by atoms with E-state index in [1.807, 2.05) is 47.0 Å². The summed E-state index contributed by atoms with van der Waals surface area (Å²) in [4.78, 5) is 36.7. The number of hydrogen-bond donors (Lipinski definition) is 1. The lowest BCUT2D eigenvalue weighted by molar-refractivity contribution is 0.0501. The number of ether oxygens (including phenoxy) is 1. The van der Waals surface area contributed by atoms with Crippen LogP contribution in [0.25, 0.3) is 22.2 Å². The SMILES string of the molecule is CCCCCOC(=O)c1c(NC(=O)c2ccccc2)n(C2CCCCC2)c2nc3ccccc3nc12. The van der Waals surface area contributed by atoms with Gasteiger partial charge in [0.25, 0.3) is 5.91 Å². The number of amides is 1. The second-order valence-electron chi connectivity index (χ2n) is 9.43. The number of fused-ring (bicyclic) bond motifs is 2. The number of unbranched alkanes of at least 4 members (excludes halogenated alkanes) is 2. The van der Waals surface area contributed by atoms with E-state index >= 15 is 0 Å². The van der Waals surface area contributed by atoms with E-state index in [-0.39, 0.29) is 17.5 Å². The number of carbonyl (C=O) groups is 2. The molecule has 2 heterocycles. The van der Waals surface area contributed by atoms with E-state index in [1.54, 1.807) is 12.1 Å². The van der Waals surface area contributed by atoms with Gasteiger partial charge in [-0.1, -0.05) is 69.4 Å².